The second-order valence-corrected chi connectivity index (χ2v) is 12.1. The lowest BCUT2D eigenvalue weighted by Crippen LogP contribution is -2.29. The van der Waals surface area contributed by atoms with Crippen molar-refractivity contribution in [1.82, 2.24) is 0 Å². The summed E-state index contributed by atoms with van der Waals surface area (Å²) in [5, 5.41) is 19.2. The summed E-state index contributed by atoms with van der Waals surface area (Å²) in [6, 6.07) is 34.1. The van der Waals surface area contributed by atoms with Crippen molar-refractivity contribution in [3.8, 4) is 22.6 Å². The molecule has 0 spiro atoms. The van der Waals surface area contributed by atoms with Gasteiger partial charge in [0, 0.05) is 10.8 Å². The largest absolute Gasteiger partial charge is 0.493 e. The van der Waals surface area contributed by atoms with E-state index in [9.17, 15) is 10.2 Å². The first-order valence-corrected chi connectivity index (χ1v) is 13.6. The average molecular weight is 523 g/mol. The molecule has 202 valence electrons. The molecule has 1 aliphatic carbocycles. The molecule has 0 unspecified atom stereocenters. The van der Waals surface area contributed by atoms with E-state index in [-0.39, 0.29) is 24.0 Å². The van der Waals surface area contributed by atoms with Gasteiger partial charge in [0.15, 0.2) is 0 Å². The van der Waals surface area contributed by atoms with Gasteiger partial charge in [0.25, 0.3) is 0 Å². The highest BCUT2D eigenvalue weighted by Crippen LogP contribution is 2.56. The highest BCUT2D eigenvalue weighted by Gasteiger charge is 2.45. The third-order valence-corrected chi connectivity index (χ3v) is 7.64. The minimum Gasteiger partial charge on any atom is -0.493 e. The van der Waals surface area contributed by atoms with Crippen LogP contribution in [0.4, 0.5) is 0 Å². The predicted molar refractivity (Wildman–Crippen MR) is 156 cm³/mol. The fraction of sp³-hybridized carbons (Fsp3) is 0.314. The lowest BCUT2D eigenvalue weighted by atomic mass is 9.68. The summed E-state index contributed by atoms with van der Waals surface area (Å²) in [4.78, 5) is 0. The Hall–Kier alpha value is -3.60. The summed E-state index contributed by atoms with van der Waals surface area (Å²) < 4.78 is 12.1. The molecule has 0 aliphatic heterocycles. The molecule has 0 amide bonds. The first-order chi connectivity index (χ1) is 18.7. The molecule has 4 aromatic rings. The molecule has 39 heavy (non-hydrogen) atoms. The Balaban J connectivity index is 1.60. The van der Waals surface area contributed by atoms with Crippen molar-refractivity contribution < 1.29 is 19.7 Å². The number of benzene rings is 4. The number of hydrogen-bond donors (Lipinski definition) is 2. The molecule has 4 heteroatoms. The predicted octanol–water partition coefficient (Wildman–Crippen LogP) is 6.84. The lowest BCUT2D eigenvalue weighted by Gasteiger charge is -2.34. The number of hydrogen-bond acceptors (Lipinski definition) is 4. The summed E-state index contributed by atoms with van der Waals surface area (Å²) in [7, 11) is 0. The Labute approximate surface area is 231 Å². The molecular formula is C35H38O4. The van der Waals surface area contributed by atoms with E-state index in [1.165, 1.54) is 22.3 Å². The lowest BCUT2D eigenvalue weighted by molar-refractivity contribution is 0.0975. The average Bonchev–Trinajstić information content (AvgIpc) is 3.27. The van der Waals surface area contributed by atoms with Crippen molar-refractivity contribution >= 4 is 0 Å². The molecule has 5 rings (SSSR count). The van der Waals surface area contributed by atoms with Crippen LogP contribution in [0.25, 0.3) is 11.1 Å². The summed E-state index contributed by atoms with van der Waals surface area (Å²) in [6.07, 6.45) is 0. The van der Waals surface area contributed by atoms with E-state index < -0.39 is 5.41 Å². The third kappa shape index (κ3) is 5.07. The van der Waals surface area contributed by atoms with E-state index in [1.807, 2.05) is 52.0 Å². The highest BCUT2D eigenvalue weighted by atomic mass is 16.5. The van der Waals surface area contributed by atoms with Crippen LogP contribution in [0.2, 0.25) is 0 Å². The number of ether oxygens (including phenoxy) is 2. The monoisotopic (exact) mass is 522 g/mol. The van der Waals surface area contributed by atoms with Crippen LogP contribution in [0.5, 0.6) is 11.5 Å². The SMILES string of the molecule is CC(C)(CO)COc1ccc(C2(c3ccc(OCC(C)(C)CO)cc3)c3ccccc3-c3ccccc32)cc1. The van der Waals surface area contributed by atoms with Crippen LogP contribution in [0.3, 0.4) is 0 Å². The van der Waals surface area contributed by atoms with Crippen molar-refractivity contribution in [3.63, 3.8) is 0 Å². The van der Waals surface area contributed by atoms with E-state index in [1.54, 1.807) is 0 Å². The van der Waals surface area contributed by atoms with Gasteiger partial charge in [-0.15, -0.1) is 0 Å². The van der Waals surface area contributed by atoms with Crippen molar-refractivity contribution in [3.05, 3.63) is 119 Å². The maximum atomic E-state index is 9.61. The molecule has 0 radical (unpaired) electrons. The van der Waals surface area contributed by atoms with Crippen molar-refractivity contribution in [2.45, 2.75) is 33.1 Å². The van der Waals surface area contributed by atoms with Crippen LogP contribution in [0, 0.1) is 10.8 Å². The van der Waals surface area contributed by atoms with Gasteiger partial charge >= 0.3 is 0 Å². The standard InChI is InChI=1S/C35H38O4/c1-33(2,21-36)23-38-27-17-13-25(14-18-27)35(26-15-19-28(20-16-26)39-24-34(3,4)22-37)31-11-7-5-9-29(31)30-10-6-8-12-32(30)35/h5-20,36-37H,21-24H2,1-4H3. The molecule has 4 aromatic carbocycles. The summed E-state index contributed by atoms with van der Waals surface area (Å²) in [5.74, 6) is 1.57. The molecule has 0 saturated carbocycles. The highest BCUT2D eigenvalue weighted by molar-refractivity contribution is 5.86. The van der Waals surface area contributed by atoms with Crippen LogP contribution < -0.4 is 9.47 Å². The van der Waals surface area contributed by atoms with Gasteiger partial charge in [-0.05, 0) is 57.6 Å². The van der Waals surface area contributed by atoms with Gasteiger partial charge < -0.3 is 19.7 Å². The molecule has 0 bridgehead atoms. The third-order valence-electron chi connectivity index (χ3n) is 7.64. The fourth-order valence-corrected chi connectivity index (χ4v) is 5.27. The zero-order chi connectivity index (χ0) is 27.7. The van der Waals surface area contributed by atoms with Gasteiger partial charge in [0.2, 0.25) is 0 Å². The molecular weight excluding hydrogens is 484 g/mol. The molecule has 4 nitrogen and oxygen atoms in total. The second-order valence-electron chi connectivity index (χ2n) is 12.1. The molecule has 0 atom stereocenters. The van der Waals surface area contributed by atoms with Crippen molar-refractivity contribution in [2.75, 3.05) is 26.4 Å². The Kier molecular flexibility index (Phi) is 7.28. The van der Waals surface area contributed by atoms with Gasteiger partial charge in [0.1, 0.15) is 11.5 Å². The fourth-order valence-electron chi connectivity index (χ4n) is 5.27. The zero-order valence-corrected chi connectivity index (χ0v) is 23.3. The summed E-state index contributed by atoms with van der Waals surface area (Å²) in [5.41, 5.74) is 6.17. The summed E-state index contributed by atoms with van der Waals surface area (Å²) >= 11 is 0. The van der Waals surface area contributed by atoms with Gasteiger partial charge in [-0.3, -0.25) is 0 Å². The molecule has 0 fully saturated rings. The maximum Gasteiger partial charge on any atom is 0.119 e. The number of aliphatic hydroxyl groups is 2. The van der Waals surface area contributed by atoms with E-state index in [0.717, 1.165) is 22.6 Å². The number of rotatable bonds is 10. The molecule has 0 heterocycles. The Morgan fingerprint density at radius 1 is 0.538 bits per heavy atom. The molecule has 2 N–H and O–H groups in total. The molecule has 0 aromatic heterocycles. The van der Waals surface area contributed by atoms with Gasteiger partial charge in [-0.25, -0.2) is 0 Å². The van der Waals surface area contributed by atoms with Crippen LogP contribution in [-0.2, 0) is 5.41 Å². The minimum absolute atomic E-state index is 0.0684. The summed E-state index contributed by atoms with van der Waals surface area (Å²) in [6.45, 7) is 8.96. The number of fused-ring (bicyclic) bond motifs is 3. The Bertz CT molecular complexity index is 1310. The van der Waals surface area contributed by atoms with E-state index in [4.69, 9.17) is 9.47 Å². The van der Waals surface area contributed by atoms with E-state index >= 15 is 0 Å². The Morgan fingerprint density at radius 3 is 1.26 bits per heavy atom. The van der Waals surface area contributed by atoms with Crippen LogP contribution >= 0.6 is 0 Å². The van der Waals surface area contributed by atoms with Crippen LogP contribution in [-0.4, -0.2) is 36.6 Å². The topological polar surface area (TPSA) is 58.9 Å². The van der Waals surface area contributed by atoms with E-state index in [0.29, 0.717) is 13.2 Å². The van der Waals surface area contributed by atoms with Gasteiger partial charge in [0.05, 0.1) is 31.8 Å². The first kappa shape index (κ1) is 27.0. The van der Waals surface area contributed by atoms with Gasteiger partial charge in [-0.2, -0.15) is 0 Å². The quantitative estimate of drug-likeness (QED) is 0.211. The number of aliphatic hydroxyl groups excluding tert-OH is 2. The second kappa shape index (κ2) is 10.5. The minimum atomic E-state index is -0.501. The van der Waals surface area contributed by atoms with Crippen LogP contribution in [0.1, 0.15) is 49.9 Å². The molecule has 1 aliphatic rings. The van der Waals surface area contributed by atoms with Crippen molar-refractivity contribution in [1.29, 1.82) is 0 Å². The van der Waals surface area contributed by atoms with Crippen molar-refractivity contribution in [2.24, 2.45) is 10.8 Å². The van der Waals surface area contributed by atoms with Gasteiger partial charge in [-0.1, -0.05) is 100 Å². The Morgan fingerprint density at radius 2 is 0.897 bits per heavy atom. The molecule has 0 saturated heterocycles. The normalized spacial score (nSPS) is 14.0. The smallest absolute Gasteiger partial charge is 0.119 e. The first-order valence-electron chi connectivity index (χ1n) is 13.6. The van der Waals surface area contributed by atoms with Crippen LogP contribution in [0.15, 0.2) is 97.1 Å². The van der Waals surface area contributed by atoms with E-state index in [2.05, 4.69) is 72.8 Å². The zero-order valence-electron chi connectivity index (χ0n) is 23.3. The maximum absolute atomic E-state index is 9.61.